The van der Waals surface area contributed by atoms with Crippen molar-refractivity contribution in [3.8, 4) is 0 Å². The van der Waals surface area contributed by atoms with E-state index in [1.807, 2.05) is 11.8 Å². The summed E-state index contributed by atoms with van der Waals surface area (Å²) in [4.78, 5) is 20.7. The van der Waals surface area contributed by atoms with Gasteiger partial charge in [-0.25, -0.2) is 9.97 Å². The van der Waals surface area contributed by atoms with E-state index in [1.165, 1.54) is 6.33 Å². The summed E-state index contributed by atoms with van der Waals surface area (Å²) < 4.78 is 5.43. The van der Waals surface area contributed by atoms with Crippen molar-refractivity contribution in [3.63, 3.8) is 0 Å². The SMILES string of the molecule is O=C1NC(CSC2CCOCC2)NC2CC(Nc3cncnc3)CCC12. The predicted molar refractivity (Wildman–Crippen MR) is 102 cm³/mol. The molecule has 2 saturated heterocycles. The Morgan fingerprint density at radius 3 is 2.81 bits per heavy atom. The van der Waals surface area contributed by atoms with Crippen LogP contribution in [0.5, 0.6) is 0 Å². The van der Waals surface area contributed by atoms with Crippen LogP contribution in [0.1, 0.15) is 32.1 Å². The van der Waals surface area contributed by atoms with Gasteiger partial charge in [0.15, 0.2) is 0 Å². The van der Waals surface area contributed by atoms with Gasteiger partial charge in [-0.05, 0) is 32.1 Å². The lowest BCUT2D eigenvalue weighted by atomic mass is 9.79. The maximum absolute atomic E-state index is 12.5. The van der Waals surface area contributed by atoms with Crippen LogP contribution in [-0.4, -0.2) is 58.3 Å². The van der Waals surface area contributed by atoms with Crippen molar-refractivity contribution in [2.45, 2.75) is 55.6 Å². The minimum absolute atomic E-state index is 0.0652. The Bertz CT molecular complexity index is 599. The van der Waals surface area contributed by atoms with E-state index >= 15 is 0 Å². The summed E-state index contributed by atoms with van der Waals surface area (Å²) in [5, 5.41) is 11.0. The average molecular weight is 378 g/mol. The van der Waals surface area contributed by atoms with Crippen LogP contribution < -0.4 is 16.0 Å². The molecule has 4 rings (SSSR count). The molecule has 26 heavy (non-hydrogen) atoms. The number of thioether (sulfide) groups is 1. The van der Waals surface area contributed by atoms with Crippen molar-refractivity contribution < 1.29 is 9.53 Å². The van der Waals surface area contributed by atoms with Crippen molar-refractivity contribution in [1.82, 2.24) is 20.6 Å². The van der Waals surface area contributed by atoms with Gasteiger partial charge in [0, 0.05) is 36.3 Å². The number of hydrogen-bond donors (Lipinski definition) is 3. The minimum Gasteiger partial charge on any atom is -0.381 e. The molecule has 1 aromatic heterocycles. The van der Waals surface area contributed by atoms with Crippen LogP contribution in [0, 0.1) is 5.92 Å². The maximum Gasteiger partial charge on any atom is 0.225 e. The first kappa shape index (κ1) is 18.0. The normalized spacial score (nSPS) is 32.5. The number of carbonyl (C=O) groups excluding carboxylic acids is 1. The molecule has 3 N–H and O–H groups in total. The zero-order chi connectivity index (χ0) is 17.8. The fourth-order valence-corrected chi connectivity index (χ4v) is 5.32. The number of hydrogen-bond acceptors (Lipinski definition) is 7. The monoisotopic (exact) mass is 377 g/mol. The molecule has 0 aromatic carbocycles. The highest BCUT2D eigenvalue weighted by molar-refractivity contribution is 7.99. The highest BCUT2D eigenvalue weighted by Crippen LogP contribution is 2.30. The molecule has 1 aromatic rings. The second-order valence-electron chi connectivity index (χ2n) is 7.37. The summed E-state index contributed by atoms with van der Waals surface area (Å²) in [6, 6.07) is 0.587. The smallest absolute Gasteiger partial charge is 0.225 e. The summed E-state index contributed by atoms with van der Waals surface area (Å²) in [5.41, 5.74) is 0.947. The molecule has 2 aliphatic heterocycles. The van der Waals surface area contributed by atoms with E-state index in [0.717, 1.165) is 56.8 Å². The molecule has 1 aliphatic carbocycles. The number of rotatable bonds is 5. The van der Waals surface area contributed by atoms with Gasteiger partial charge < -0.3 is 15.4 Å². The highest BCUT2D eigenvalue weighted by Gasteiger charge is 2.40. The van der Waals surface area contributed by atoms with Gasteiger partial charge in [-0.2, -0.15) is 11.8 Å². The van der Waals surface area contributed by atoms with Gasteiger partial charge in [0.25, 0.3) is 0 Å². The lowest BCUT2D eigenvalue weighted by Crippen LogP contribution is -2.64. The zero-order valence-corrected chi connectivity index (χ0v) is 15.7. The van der Waals surface area contributed by atoms with Crippen molar-refractivity contribution in [1.29, 1.82) is 0 Å². The van der Waals surface area contributed by atoms with Crippen LogP contribution in [0.4, 0.5) is 5.69 Å². The Morgan fingerprint density at radius 2 is 2.00 bits per heavy atom. The van der Waals surface area contributed by atoms with Gasteiger partial charge in [-0.1, -0.05) is 0 Å². The van der Waals surface area contributed by atoms with Gasteiger partial charge in [-0.3, -0.25) is 10.1 Å². The molecule has 4 atom stereocenters. The summed E-state index contributed by atoms with van der Waals surface area (Å²) in [6.07, 6.45) is 10.3. The van der Waals surface area contributed by atoms with E-state index in [2.05, 4.69) is 25.9 Å². The molecular weight excluding hydrogens is 350 g/mol. The Kier molecular flexibility index (Phi) is 5.91. The molecular formula is C18H27N5O2S. The lowest BCUT2D eigenvalue weighted by molar-refractivity contribution is -0.130. The molecule has 7 nitrogen and oxygen atoms in total. The fraction of sp³-hybridized carbons (Fsp3) is 0.722. The molecule has 0 bridgehead atoms. The lowest BCUT2D eigenvalue weighted by Gasteiger charge is -2.43. The standard InChI is InChI=1S/C18H27N5O2S/c24-18-15-2-1-12(21-13-8-19-11-20-9-13)7-16(15)22-17(23-18)10-26-14-3-5-25-6-4-14/h8-9,11-12,14-17,21-22H,1-7,10H2,(H,23,24). The number of aromatic nitrogens is 2. The van der Waals surface area contributed by atoms with Crippen molar-refractivity contribution in [3.05, 3.63) is 18.7 Å². The largest absolute Gasteiger partial charge is 0.381 e. The number of carbonyl (C=O) groups is 1. The first-order valence-corrected chi connectivity index (χ1v) is 10.6. The number of nitrogens with one attached hydrogen (secondary N) is 3. The summed E-state index contributed by atoms with van der Waals surface area (Å²) >= 11 is 1.96. The fourth-order valence-electron chi connectivity index (χ4n) is 4.15. The third kappa shape index (κ3) is 4.47. The molecule has 3 aliphatic rings. The molecule has 4 unspecified atom stereocenters. The first-order valence-electron chi connectivity index (χ1n) is 9.55. The third-order valence-electron chi connectivity index (χ3n) is 5.52. The number of ether oxygens (including phenoxy) is 1. The quantitative estimate of drug-likeness (QED) is 0.714. The van der Waals surface area contributed by atoms with E-state index < -0.39 is 0 Å². The molecule has 0 radical (unpaired) electrons. The Morgan fingerprint density at radius 1 is 1.19 bits per heavy atom. The van der Waals surface area contributed by atoms with Crippen LogP contribution in [-0.2, 0) is 9.53 Å². The first-order chi connectivity index (χ1) is 12.8. The summed E-state index contributed by atoms with van der Waals surface area (Å²) in [6.45, 7) is 1.73. The van der Waals surface area contributed by atoms with E-state index in [9.17, 15) is 4.79 Å². The Balaban J connectivity index is 1.30. The zero-order valence-electron chi connectivity index (χ0n) is 14.9. The third-order valence-corrected chi connectivity index (χ3v) is 6.99. The van der Waals surface area contributed by atoms with Crippen LogP contribution >= 0.6 is 11.8 Å². The molecule has 3 fully saturated rings. The molecule has 8 heteroatoms. The molecule has 1 amide bonds. The number of amides is 1. The van der Waals surface area contributed by atoms with Crippen molar-refractivity contribution in [2.75, 3.05) is 24.3 Å². The van der Waals surface area contributed by atoms with Gasteiger partial charge in [-0.15, -0.1) is 0 Å². The number of nitrogens with zero attached hydrogens (tertiary/aromatic N) is 2. The number of anilines is 1. The van der Waals surface area contributed by atoms with Crippen LogP contribution in [0.25, 0.3) is 0 Å². The maximum atomic E-state index is 12.5. The minimum atomic E-state index is 0.0652. The second-order valence-corrected chi connectivity index (χ2v) is 8.70. The van der Waals surface area contributed by atoms with Crippen molar-refractivity contribution >= 4 is 23.4 Å². The predicted octanol–water partition coefficient (Wildman–Crippen LogP) is 1.38. The molecule has 0 spiro atoms. The molecule has 142 valence electrons. The highest BCUT2D eigenvalue weighted by atomic mass is 32.2. The van der Waals surface area contributed by atoms with Gasteiger partial charge in [0.05, 0.1) is 30.2 Å². The molecule has 3 heterocycles. The Hall–Kier alpha value is -1.38. The molecule has 1 saturated carbocycles. The van der Waals surface area contributed by atoms with Gasteiger partial charge in [0.1, 0.15) is 6.33 Å². The second kappa shape index (κ2) is 8.54. The van der Waals surface area contributed by atoms with E-state index in [0.29, 0.717) is 11.3 Å². The topological polar surface area (TPSA) is 88.2 Å². The van der Waals surface area contributed by atoms with Gasteiger partial charge in [0.2, 0.25) is 5.91 Å². The Labute approximate surface area is 158 Å². The van der Waals surface area contributed by atoms with E-state index in [4.69, 9.17) is 4.74 Å². The van der Waals surface area contributed by atoms with E-state index in [1.54, 1.807) is 12.4 Å². The van der Waals surface area contributed by atoms with Crippen molar-refractivity contribution in [2.24, 2.45) is 5.92 Å². The number of fused-ring (bicyclic) bond motifs is 1. The van der Waals surface area contributed by atoms with Crippen LogP contribution in [0.2, 0.25) is 0 Å². The summed E-state index contributed by atoms with van der Waals surface area (Å²) in [7, 11) is 0. The van der Waals surface area contributed by atoms with E-state index in [-0.39, 0.29) is 24.0 Å². The average Bonchev–Trinajstić information content (AvgIpc) is 2.68. The van der Waals surface area contributed by atoms with Crippen LogP contribution in [0.15, 0.2) is 18.7 Å². The van der Waals surface area contributed by atoms with Crippen LogP contribution in [0.3, 0.4) is 0 Å². The summed E-state index contributed by atoms with van der Waals surface area (Å²) in [5.74, 6) is 1.22. The van der Waals surface area contributed by atoms with Gasteiger partial charge >= 0.3 is 0 Å².